The Bertz CT molecular complexity index is 432. The number of carbonyl (C=O) groups is 1. The van der Waals surface area contributed by atoms with Gasteiger partial charge in [-0.3, -0.25) is 4.79 Å². The van der Waals surface area contributed by atoms with Crippen LogP contribution in [0.5, 0.6) is 0 Å². The van der Waals surface area contributed by atoms with Crippen molar-refractivity contribution in [1.29, 1.82) is 0 Å². The molecule has 1 saturated carbocycles. The lowest BCUT2D eigenvalue weighted by Gasteiger charge is -2.21. The van der Waals surface area contributed by atoms with Crippen molar-refractivity contribution < 1.29 is 18.3 Å². The summed E-state index contributed by atoms with van der Waals surface area (Å²) in [5.74, 6) is 0.0522. The van der Waals surface area contributed by atoms with Crippen molar-refractivity contribution in [2.24, 2.45) is 5.92 Å². The van der Waals surface area contributed by atoms with E-state index in [0.717, 1.165) is 25.7 Å². The van der Waals surface area contributed by atoms with Crippen LogP contribution in [0.2, 0.25) is 0 Å². The average Bonchev–Trinajstić information content (AvgIpc) is 2.68. The van der Waals surface area contributed by atoms with E-state index in [1.807, 2.05) is 0 Å². The van der Waals surface area contributed by atoms with Gasteiger partial charge in [0.1, 0.15) is 0 Å². The van der Waals surface area contributed by atoms with Gasteiger partial charge in [0.15, 0.2) is 9.84 Å². The molecule has 2 fully saturated rings. The molecule has 7 heteroatoms. The minimum Gasteiger partial charge on any atom is -0.390 e. The van der Waals surface area contributed by atoms with Gasteiger partial charge >= 0.3 is 0 Å². The van der Waals surface area contributed by atoms with Crippen molar-refractivity contribution >= 4 is 15.7 Å². The van der Waals surface area contributed by atoms with E-state index in [1.165, 1.54) is 6.42 Å². The molecule has 1 aliphatic heterocycles. The number of nitrogens with one attached hydrogen (secondary N) is 2. The number of hydrogen-bond acceptors (Lipinski definition) is 5. The van der Waals surface area contributed by atoms with Crippen LogP contribution in [0.25, 0.3) is 0 Å². The van der Waals surface area contributed by atoms with Gasteiger partial charge in [0, 0.05) is 25.0 Å². The molecule has 0 aromatic carbocycles. The maximum absolute atomic E-state index is 11.9. The maximum atomic E-state index is 11.9. The number of aliphatic hydroxyl groups excluding tert-OH is 1. The Hall–Kier alpha value is -0.660. The number of aliphatic hydroxyl groups is 1. The van der Waals surface area contributed by atoms with Gasteiger partial charge in [-0.15, -0.1) is 0 Å². The molecule has 2 aliphatic rings. The van der Waals surface area contributed by atoms with Crippen molar-refractivity contribution in [2.75, 3.05) is 24.6 Å². The van der Waals surface area contributed by atoms with Crippen molar-refractivity contribution in [1.82, 2.24) is 10.6 Å². The van der Waals surface area contributed by atoms with E-state index in [9.17, 15) is 18.3 Å². The van der Waals surface area contributed by atoms with Crippen molar-refractivity contribution in [2.45, 2.75) is 44.2 Å². The van der Waals surface area contributed by atoms with Crippen LogP contribution >= 0.6 is 0 Å². The van der Waals surface area contributed by atoms with Crippen molar-refractivity contribution in [3.05, 3.63) is 0 Å². The summed E-state index contributed by atoms with van der Waals surface area (Å²) in [4.78, 5) is 11.9. The van der Waals surface area contributed by atoms with Crippen molar-refractivity contribution in [3.8, 4) is 0 Å². The zero-order valence-electron chi connectivity index (χ0n) is 11.7. The fourth-order valence-electron chi connectivity index (χ4n) is 2.98. The van der Waals surface area contributed by atoms with Crippen molar-refractivity contribution in [3.63, 3.8) is 0 Å². The molecule has 116 valence electrons. The smallest absolute Gasteiger partial charge is 0.223 e. The Labute approximate surface area is 120 Å². The van der Waals surface area contributed by atoms with Gasteiger partial charge < -0.3 is 15.7 Å². The van der Waals surface area contributed by atoms with Crippen LogP contribution in [-0.4, -0.2) is 56.2 Å². The standard InChI is InChI=1S/C13H24N2O4S/c16-12-9-20(18,19)8-11(12)14-6-7-15-13(17)10-4-2-1-3-5-10/h10-12,14,16H,1-9H2,(H,15,17)/t11-,12+/m0/s1. The molecule has 6 nitrogen and oxygen atoms in total. The van der Waals surface area contributed by atoms with E-state index in [2.05, 4.69) is 10.6 Å². The fraction of sp³-hybridized carbons (Fsp3) is 0.923. The number of rotatable bonds is 5. The summed E-state index contributed by atoms with van der Waals surface area (Å²) in [6, 6.07) is -0.411. The molecule has 1 amide bonds. The zero-order valence-corrected chi connectivity index (χ0v) is 12.5. The summed E-state index contributed by atoms with van der Waals surface area (Å²) in [5.41, 5.74) is 0. The monoisotopic (exact) mass is 304 g/mol. The summed E-state index contributed by atoms with van der Waals surface area (Å²) < 4.78 is 22.7. The highest BCUT2D eigenvalue weighted by molar-refractivity contribution is 7.91. The molecule has 2 atom stereocenters. The molecule has 0 bridgehead atoms. The summed E-state index contributed by atoms with van der Waals surface area (Å²) in [6.07, 6.45) is 4.58. The first kappa shape index (κ1) is 15.7. The summed E-state index contributed by atoms with van der Waals surface area (Å²) in [5, 5.41) is 15.5. The van der Waals surface area contributed by atoms with Crippen LogP contribution in [-0.2, 0) is 14.6 Å². The largest absolute Gasteiger partial charge is 0.390 e. The Morgan fingerprint density at radius 3 is 2.40 bits per heavy atom. The van der Waals surface area contributed by atoms with Crippen LogP contribution in [0.3, 0.4) is 0 Å². The van der Waals surface area contributed by atoms with E-state index < -0.39 is 22.0 Å². The second-order valence-electron chi connectivity index (χ2n) is 5.83. The van der Waals surface area contributed by atoms with Gasteiger partial charge in [0.25, 0.3) is 0 Å². The average molecular weight is 304 g/mol. The molecular formula is C13H24N2O4S. The van der Waals surface area contributed by atoms with E-state index >= 15 is 0 Å². The minimum atomic E-state index is -3.12. The van der Waals surface area contributed by atoms with E-state index in [0.29, 0.717) is 13.1 Å². The molecule has 0 unspecified atom stereocenters. The Morgan fingerprint density at radius 1 is 1.10 bits per heavy atom. The van der Waals surface area contributed by atoms with Gasteiger partial charge in [-0.2, -0.15) is 0 Å². The van der Waals surface area contributed by atoms with Gasteiger partial charge in [0.2, 0.25) is 5.91 Å². The predicted molar refractivity (Wildman–Crippen MR) is 76.0 cm³/mol. The molecule has 2 rings (SSSR count). The minimum absolute atomic E-state index is 0.0231. The van der Waals surface area contributed by atoms with Gasteiger partial charge in [0.05, 0.1) is 17.6 Å². The molecule has 20 heavy (non-hydrogen) atoms. The first-order valence-corrected chi connectivity index (χ1v) is 9.20. The Balaban J connectivity index is 1.63. The Kier molecular flexibility index (Phi) is 5.40. The predicted octanol–water partition coefficient (Wildman–Crippen LogP) is -0.570. The normalized spacial score (nSPS) is 30.2. The zero-order chi connectivity index (χ0) is 14.6. The quantitative estimate of drug-likeness (QED) is 0.591. The maximum Gasteiger partial charge on any atom is 0.223 e. The lowest BCUT2D eigenvalue weighted by molar-refractivity contribution is -0.125. The number of sulfone groups is 1. The van der Waals surface area contributed by atoms with Crippen LogP contribution in [0.15, 0.2) is 0 Å². The molecule has 1 aliphatic carbocycles. The third-order valence-corrected chi connectivity index (χ3v) is 5.85. The number of amides is 1. The molecule has 0 aromatic heterocycles. The third kappa shape index (κ3) is 4.43. The van der Waals surface area contributed by atoms with Gasteiger partial charge in [-0.05, 0) is 12.8 Å². The molecule has 0 aromatic rings. The van der Waals surface area contributed by atoms with E-state index in [1.54, 1.807) is 0 Å². The molecule has 0 radical (unpaired) electrons. The summed E-state index contributed by atoms with van der Waals surface area (Å²) in [6.45, 7) is 0.953. The lowest BCUT2D eigenvalue weighted by atomic mass is 9.89. The first-order chi connectivity index (χ1) is 9.48. The fourth-order valence-corrected chi connectivity index (χ4v) is 4.75. The molecular weight excluding hydrogens is 280 g/mol. The molecule has 1 saturated heterocycles. The molecule has 1 heterocycles. The second-order valence-corrected chi connectivity index (χ2v) is 7.98. The highest BCUT2D eigenvalue weighted by atomic mass is 32.2. The van der Waals surface area contributed by atoms with Crippen LogP contribution in [0, 0.1) is 5.92 Å². The highest BCUT2D eigenvalue weighted by Gasteiger charge is 2.35. The van der Waals surface area contributed by atoms with Gasteiger partial charge in [-0.1, -0.05) is 19.3 Å². The molecule has 3 N–H and O–H groups in total. The summed E-state index contributed by atoms with van der Waals surface area (Å²) in [7, 11) is -3.12. The molecule has 0 spiro atoms. The lowest BCUT2D eigenvalue weighted by Crippen LogP contribution is -2.43. The van der Waals surface area contributed by atoms with Gasteiger partial charge in [-0.25, -0.2) is 8.42 Å². The topological polar surface area (TPSA) is 95.5 Å². The second kappa shape index (κ2) is 6.87. The third-order valence-electron chi connectivity index (χ3n) is 4.13. The SMILES string of the molecule is O=C(NCCN[C@H]1CS(=O)(=O)C[C@H]1O)C1CCCCC1. The number of hydrogen-bond donors (Lipinski definition) is 3. The Morgan fingerprint density at radius 2 is 1.80 bits per heavy atom. The van der Waals surface area contributed by atoms with E-state index in [4.69, 9.17) is 0 Å². The highest BCUT2D eigenvalue weighted by Crippen LogP contribution is 2.23. The van der Waals surface area contributed by atoms with E-state index in [-0.39, 0.29) is 23.3 Å². The van der Waals surface area contributed by atoms with Crippen LogP contribution in [0.1, 0.15) is 32.1 Å². The van der Waals surface area contributed by atoms with Crippen LogP contribution in [0.4, 0.5) is 0 Å². The summed E-state index contributed by atoms with van der Waals surface area (Å²) >= 11 is 0. The first-order valence-electron chi connectivity index (χ1n) is 7.37. The van der Waals surface area contributed by atoms with Crippen LogP contribution < -0.4 is 10.6 Å². The number of carbonyl (C=O) groups excluding carboxylic acids is 1.